The largest absolute Gasteiger partial charge is 0.490 e. The number of benzene rings is 1. The van der Waals surface area contributed by atoms with Crippen LogP contribution in [0.25, 0.3) is 6.08 Å². The number of nitriles is 1. The Labute approximate surface area is 153 Å². The van der Waals surface area contributed by atoms with Crippen molar-refractivity contribution in [1.82, 2.24) is 5.32 Å². The fourth-order valence-electron chi connectivity index (χ4n) is 1.96. The number of carbonyl (C=O) groups excluding carboxylic acids is 1. The third kappa shape index (κ3) is 6.65. The van der Waals surface area contributed by atoms with E-state index in [2.05, 4.69) is 5.32 Å². The lowest BCUT2D eigenvalue weighted by Crippen LogP contribution is -2.27. The molecule has 1 aromatic carbocycles. The Bertz CT molecular complexity index is 653. The molecule has 0 aromatic heterocycles. The van der Waals surface area contributed by atoms with Gasteiger partial charge in [0, 0.05) is 13.7 Å². The van der Waals surface area contributed by atoms with Gasteiger partial charge in [0.2, 0.25) is 0 Å². The second-order valence-corrected chi connectivity index (χ2v) is 5.44. The third-order valence-electron chi connectivity index (χ3n) is 3.05. The summed E-state index contributed by atoms with van der Waals surface area (Å²) in [7, 11) is 1.53. The molecule has 136 valence electrons. The molecule has 0 fully saturated rings. The van der Waals surface area contributed by atoms with Crippen molar-refractivity contribution in [2.45, 2.75) is 20.3 Å². The molecular weight excluding hydrogens is 344 g/mol. The van der Waals surface area contributed by atoms with Gasteiger partial charge in [-0.3, -0.25) is 4.79 Å². The maximum absolute atomic E-state index is 12.0. The SMILES string of the molecule is CCCOc1c(Cl)cc(/C=C(\C#N)C(=O)NCCOC)cc1OCC. The standard InChI is InChI=1S/C18H23ClN2O4/c1-4-7-25-17-15(19)10-13(11-16(17)24-5-2)9-14(12-20)18(22)21-6-8-23-3/h9-11H,4-8H2,1-3H3,(H,21,22)/b14-9+. The summed E-state index contributed by atoms with van der Waals surface area (Å²) in [5.41, 5.74) is 0.549. The van der Waals surface area contributed by atoms with Crippen LogP contribution in [0.3, 0.4) is 0 Å². The van der Waals surface area contributed by atoms with E-state index in [-0.39, 0.29) is 5.57 Å². The van der Waals surface area contributed by atoms with Gasteiger partial charge < -0.3 is 19.5 Å². The zero-order valence-electron chi connectivity index (χ0n) is 14.7. The monoisotopic (exact) mass is 366 g/mol. The number of hydrogen-bond donors (Lipinski definition) is 1. The van der Waals surface area contributed by atoms with Crippen molar-refractivity contribution in [1.29, 1.82) is 5.26 Å². The molecule has 1 rings (SSSR count). The zero-order chi connectivity index (χ0) is 18.7. The molecule has 0 radical (unpaired) electrons. The van der Waals surface area contributed by atoms with E-state index in [0.29, 0.717) is 48.5 Å². The number of carbonyl (C=O) groups is 1. The number of halogens is 1. The molecule has 0 aliphatic carbocycles. The van der Waals surface area contributed by atoms with Gasteiger partial charge in [-0.1, -0.05) is 18.5 Å². The maximum atomic E-state index is 12.0. The first-order chi connectivity index (χ1) is 12.1. The summed E-state index contributed by atoms with van der Waals surface area (Å²) in [6.07, 6.45) is 2.30. The van der Waals surface area contributed by atoms with Crippen LogP contribution in [0.4, 0.5) is 0 Å². The summed E-state index contributed by atoms with van der Waals surface area (Å²) in [6.45, 7) is 5.49. The molecule has 0 aliphatic heterocycles. The summed E-state index contributed by atoms with van der Waals surface area (Å²) in [5, 5.41) is 12.2. The number of ether oxygens (including phenoxy) is 3. The number of nitrogens with zero attached hydrogens (tertiary/aromatic N) is 1. The first-order valence-corrected chi connectivity index (χ1v) is 8.43. The van der Waals surface area contributed by atoms with Crippen LogP contribution in [0.2, 0.25) is 5.02 Å². The number of nitrogens with one attached hydrogen (secondary N) is 1. The zero-order valence-corrected chi connectivity index (χ0v) is 15.5. The van der Waals surface area contributed by atoms with Crippen molar-refractivity contribution < 1.29 is 19.0 Å². The molecule has 0 unspecified atom stereocenters. The quantitative estimate of drug-likeness (QED) is 0.390. The molecule has 0 saturated heterocycles. The second-order valence-electron chi connectivity index (χ2n) is 5.03. The van der Waals surface area contributed by atoms with Crippen molar-refractivity contribution in [3.8, 4) is 17.6 Å². The lowest BCUT2D eigenvalue weighted by molar-refractivity contribution is -0.117. The molecule has 0 spiro atoms. The molecule has 6 nitrogen and oxygen atoms in total. The highest BCUT2D eigenvalue weighted by Gasteiger charge is 2.14. The van der Waals surface area contributed by atoms with Crippen LogP contribution in [0, 0.1) is 11.3 Å². The van der Waals surface area contributed by atoms with E-state index in [4.69, 9.17) is 25.8 Å². The van der Waals surface area contributed by atoms with Crippen LogP contribution in [0.15, 0.2) is 17.7 Å². The number of rotatable bonds is 10. The smallest absolute Gasteiger partial charge is 0.262 e. The predicted octanol–water partition coefficient (Wildman–Crippen LogP) is 3.20. The molecule has 25 heavy (non-hydrogen) atoms. The molecule has 0 atom stereocenters. The van der Waals surface area contributed by atoms with Crippen molar-refractivity contribution >= 4 is 23.6 Å². The molecule has 7 heteroatoms. The van der Waals surface area contributed by atoms with Gasteiger partial charge in [-0.2, -0.15) is 5.26 Å². The average Bonchev–Trinajstić information content (AvgIpc) is 2.59. The van der Waals surface area contributed by atoms with Gasteiger partial charge >= 0.3 is 0 Å². The van der Waals surface area contributed by atoms with Crippen LogP contribution < -0.4 is 14.8 Å². The minimum atomic E-state index is -0.472. The highest BCUT2D eigenvalue weighted by atomic mass is 35.5. The van der Waals surface area contributed by atoms with Crippen LogP contribution in [-0.4, -0.2) is 39.4 Å². The molecule has 0 bridgehead atoms. The average molecular weight is 367 g/mol. The summed E-state index contributed by atoms with van der Waals surface area (Å²) < 4.78 is 16.1. The van der Waals surface area contributed by atoms with Crippen LogP contribution in [0.5, 0.6) is 11.5 Å². The second kappa shape index (κ2) is 11.3. The van der Waals surface area contributed by atoms with Gasteiger partial charge in [-0.25, -0.2) is 0 Å². The van der Waals surface area contributed by atoms with Gasteiger partial charge in [0.05, 0.1) is 24.8 Å². The summed E-state index contributed by atoms with van der Waals surface area (Å²) >= 11 is 6.28. The number of methoxy groups -OCH3 is 1. The lowest BCUT2D eigenvalue weighted by Gasteiger charge is -2.14. The number of amides is 1. The van der Waals surface area contributed by atoms with E-state index < -0.39 is 5.91 Å². The van der Waals surface area contributed by atoms with Crippen LogP contribution >= 0.6 is 11.6 Å². The highest BCUT2D eigenvalue weighted by Crippen LogP contribution is 2.37. The van der Waals surface area contributed by atoms with E-state index >= 15 is 0 Å². The van der Waals surface area contributed by atoms with Gasteiger partial charge in [-0.05, 0) is 37.1 Å². The molecule has 0 heterocycles. The number of hydrogen-bond acceptors (Lipinski definition) is 5. The van der Waals surface area contributed by atoms with Crippen molar-refractivity contribution in [3.63, 3.8) is 0 Å². The lowest BCUT2D eigenvalue weighted by atomic mass is 10.1. The fraction of sp³-hybridized carbons (Fsp3) is 0.444. The Balaban J connectivity index is 3.10. The molecular formula is C18H23ClN2O4. The van der Waals surface area contributed by atoms with E-state index in [1.165, 1.54) is 13.2 Å². The van der Waals surface area contributed by atoms with Gasteiger partial charge in [0.15, 0.2) is 11.5 Å². The van der Waals surface area contributed by atoms with Crippen LogP contribution in [-0.2, 0) is 9.53 Å². The van der Waals surface area contributed by atoms with E-state index in [1.54, 1.807) is 12.1 Å². The van der Waals surface area contributed by atoms with Crippen LogP contribution in [0.1, 0.15) is 25.8 Å². The topological polar surface area (TPSA) is 80.6 Å². The molecule has 1 N–H and O–H groups in total. The normalized spacial score (nSPS) is 10.9. The Hall–Kier alpha value is -2.23. The Kier molecular flexibility index (Phi) is 9.45. The minimum absolute atomic E-state index is 0.0307. The van der Waals surface area contributed by atoms with Gasteiger partial charge in [-0.15, -0.1) is 0 Å². The Morgan fingerprint density at radius 3 is 2.68 bits per heavy atom. The molecule has 0 aliphatic rings. The molecule has 0 saturated carbocycles. The summed E-state index contributed by atoms with van der Waals surface area (Å²) in [4.78, 5) is 12.0. The van der Waals surface area contributed by atoms with Crippen molar-refractivity contribution in [3.05, 3.63) is 28.3 Å². The van der Waals surface area contributed by atoms with E-state index in [1.807, 2.05) is 19.9 Å². The van der Waals surface area contributed by atoms with Crippen molar-refractivity contribution in [2.75, 3.05) is 33.5 Å². The summed E-state index contributed by atoms with van der Waals surface area (Å²) in [6, 6.07) is 5.22. The minimum Gasteiger partial charge on any atom is -0.490 e. The molecule has 1 amide bonds. The Morgan fingerprint density at radius 2 is 2.08 bits per heavy atom. The first kappa shape index (κ1) is 20.8. The van der Waals surface area contributed by atoms with E-state index in [0.717, 1.165) is 6.42 Å². The molecule has 1 aromatic rings. The predicted molar refractivity (Wildman–Crippen MR) is 96.9 cm³/mol. The van der Waals surface area contributed by atoms with Gasteiger partial charge in [0.1, 0.15) is 11.6 Å². The van der Waals surface area contributed by atoms with Gasteiger partial charge in [0.25, 0.3) is 5.91 Å². The highest BCUT2D eigenvalue weighted by molar-refractivity contribution is 6.32. The Morgan fingerprint density at radius 1 is 1.32 bits per heavy atom. The summed E-state index contributed by atoms with van der Waals surface area (Å²) in [5.74, 6) is 0.470. The fourth-order valence-corrected chi connectivity index (χ4v) is 2.23. The third-order valence-corrected chi connectivity index (χ3v) is 3.33. The van der Waals surface area contributed by atoms with E-state index in [9.17, 15) is 10.1 Å². The van der Waals surface area contributed by atoms with Crippen molar-refractivity contribution in [2.24, 2.45) is 0 Å². The first-order valence-electron chi connectivity index (χ1n) is 8.05. The maximum Gasteiger partial charge on any atom is 0.262 e.